The van der Waals surface area contributed by atoms with E-state index < -0.39 is 0 Å². The summed E-state index contributed by atoms with van der Waals surface area (Å²) in [4.78, 5) is 25.7. The number of rotatable bonds is 5. The van der Waals surface area contributed by atoms with E-state index in [2.05, 4.69) is 5.32 Å². The van der Waals surface area contributed by atoms with Crippen molar-refractivity contribution >= 4 is 35.2 Å². The van der Waals surface area contributed by atoms with Gasteiger partial charge in [0, 0.05) is 29.9 Å². The molecule has 5 nitrogen and oxygen atoms in total. The third kappa shape index (κ3) is 4.86. The zero-order chi connectivity index (χ0) is 16.8. The molecule has 2 atom stereocenters. The molecule has 1 aromatic rings. The van der Waals surface area contributed by atoms with Gasteiger partial charge in [-0.1, -0.05) is 29.8 Å². The molecule has 2 rings (SSSR count). The van der Waals surface area contributed by atoms with Crippen molar-refractivity contribution in [2.24, 2.45) is 0 Å². The third-order valence-corrected chi connectivity index (χ3v) is 5.32. The largest absolute Gasteiger partial charge is 0.468 e. The fourth-order valence-corrected chi connectivity index (χ4v) is 3.87. The van der Waals surface area contributed by atoms with Crippen LogP contribution in [0.1, 0.15) is 18.5 Å². The highest BCUT2D eigenvalue weighted by Gasteiger charge is 2.29. The van der Waals surface area contributed by atoms with Crippen molar-refractivity contribution in [1.82, 2.24) is 10.2 Å². The predicted octanol–water partition coefficient (Wildman–Crippen LogP) is 2.11. The Morgan fingerprint density at radius 2 is 2.22 bits per heavy atom. The van der Waals surface area contributed by atoms with Gasteiger partial charge in [0.15, 0.2) is 0 Å². The highest BCUT2D eigenvalue weighted by molar-refractivity contribution is 8.00. The van der Waals surface area contributed by atoms with E-state index in [0.717, 1.165) is 11.3 Å². The highest BCUT2D eigenvalue weighted by Crippen LogP contribution is 2.22. The molecule has 0 radical (unpaired) electrons. The minimum Gasteiger partial charge on any atom is -0.468 e. The Hall–Kier alpha value is -1.24. The Balaban J connectivity index is 1.87. The summed E-state index contributed by atoms with van der Waals surface area (Å²) in [6.45, 7) is 3.24. The van der Waals surface area contributed by atoms with Gasteiger partial charge in [-0.15, -0.1) is 11.8 Å². The third-order valence-electron chi connectivity index (χ3n) is 3.81. The lowest BCUT2D eigenvalue weighted by molar-refractivity contribution is -0.141. The SMILES string of the molecule is COC(=O)[C@H]1CN(C(=O)CN[C@H](C)c2ccccc2Cl)CCS1. The van der Waals surface area contributed by atoms with Crippen LogP contribution in [0.2, 0.25) is 5.02 Å². The topological polar surface area (TPSA) is 58.6 Å². The molecule has 0 aliphatic carbocycles. The first-order valence-electron chi connectivity index (χ1n) is 7.48. The Labute approximate surface area is 145 Å². The fourth-order valence-electron chi connectivity index (χ4n) is 2.44. The zero-order valence-electron chi connectivity index (χ0n) is 13.3. The number of amides is 1. The van der Waals surface area contributed by atoms with Crippen molar-refractivity contribution in [3.05, 3.63) is 34.9 Å². The van der Waals surface area contributed by atoms with Gasteiger partial charge in [-0.05, 0) is 18.6 Å². The van der Waals surface area contributed by atoms with E-state index in [9.17, 15) is 9.59 Å². The number of methoxy groups -OCH3 is 1. The maximum Gasteiger partial charge on any atom is 0.320 e. The summed E-state index contributed by atoms with van der Waals surface area (Å²) in [6.07, 6.45) is 0. The summed E-state index contributed by atoms with van der Waals surface area (Å²) in [6, 6.07) is 7.55. The number of halogens is 1. The maximum absolute atomic E-state index is 12.3. The van der Waals surface area contributed by atoms with Crippen LogP contribution < -0.4 is 5.32 Å². The number of thioether (sulfide) groups is 1. The second-order valence-corrected chi connectivity index (χ2v) is 7.06. The van der Waals surface area contributed by atoms with E-state index in [1.165, 1.54) is 18.9 Å². The van der Waals surface area contributed by atoms with Crippen LogP contribution in [0.3, 0.4) is 0 Å². The summed E-state index contributed by atoms with van der Waals surface area (Å²) in [7, 11) is 1.37. The maximum atomic E-state index is 12.3. The van der Waals surface area contributed by atoms with E-state index >= 15 is 0 Å². The van der Waals surface area contributed by atoms with Crippen LogP contribution in [-0.2, 0) is 14.3 Å². The summed E-state index contributed by atoms with van der Waals surface area (Å²) >= 11 is 7.70. The van der Waals surface area contributed by atoms with Gasteiger partial charge in [0.1, 0.15) is 5.25 Å². The summed E-state index contributed by atoms with van der Waals surface area (Å²) in [5.74, 6) is 0.453. The number of nitrogens with zero attached hydrogens (tertiary/aromatic N) is 1. The Morgan fingerprint density at radius 1 is 1.48 bits per heavy atom. The standard InChI is InChI=1S/C16H21ClN2O3S/c1-11(12-5-3-4-6-13(12)17)18-9-15(20)19-7-8-23-14(10-19)16(21)22-2/h3-6,11,14,18H,7-10H2,1-2H3/t11-,14-/m1/s1. The number of benzene rings is 1. The zero-order valence-corrected chi connectivity index (χ0v) is 14.8. The van der Waals surface area contributed by atoms with Gasteiger partial charge in [0.2, 0.25) is 5.91 Å². The molecule has 1 aliphatic heterocycles. The van der Waals surface area contributed by atoms with Crippen LogP contribution in [0.5, 0.6) is 0 Å². The monoisotopic (exact) mass is 356 g/mol. The quantitative estimate of drug-likeness (QED) is 0.819. The molecule has 0 aromatic heterocycles. The van der Waals surface area contributed by atoms with Crippen LogP contribution in [0.15, 0.2) is 24.3 Å². The molecular formula is C16H21ClN2O3S. The molecule has 7 heteroatoms. The van der Waals surface area contributed by atoms with Crippen molar-refractivity contribution in [3.63, 3.8) is 0 Å². The molecule has 0 spiro atoms. The van der Waals surface area contributed by atoms with Gasteiger partial charge in [0.25, 0.3) is 0 Å². The molecule has 1 amide bonds. The number of carbonyl (C=O) groups is 2. The number of ether oxygens (including phenoxy) is 1. The van der Waals surface area contributed by atoms with Gasteiger partial charge in [-0.3, -0.25) is 9.59 Å². The van der Waals surface area contributed by atoms with Crippen LogP contribution in [-0.4, -0.2) is 54.5 Å². The Kier molecular flexibility index (Phi) is 6.74. The van der Waals surface area contributed by atoms with Gasteiger partial charge in [0.05, 0.1) is 13.7 Å². The smallest absolute Gasteiger partial charge is 0.320 e. The van der Waals surface area contributed by atoms with E-state index in [1.54, 1.807) is 4.90 Å². The first-order valence-corrected chi connectivity index (χ1v) is 8.90. The molecule has 1 heterocycles. The summed E-state index contributed by atoms with van der Waals surface area (Å²) < 4.78 is 4.76. The first kappa shape index (κ1) is 18.1. The van der Waals surface area contributed by atoms with Crippen molar-refractivity contribution < 1.29 is 14.3 Å². The molecule has 1 saturated heterocycles. The van der Waals surface area contributed by atoms with E-state index in [0.29, 0.717) is 18.1 Å². The summed E-state index contributed by atoms with van der Waals surface area (Å²) in [5.41, 5.74) is 0.962. The van der Waals surface area contributed by atoms with Gasteiger partial charge >= 0.3 is 5.97 Å². The van der Waals surface area contributed by atoms with E-state index in [4.69, 9.17) is 16.3 Å². The van der Waals surface area contributed by atoms with E-state index in [1.807, 2.05) is 31.2 Å². The summed E-state index contributed by atoms with van der Waals surface area (Å²) in [5, 5.41) is 3.58. The van der Waals surface area contributed by atoms with E-state index in [-0.39, 0.29) is 29.7 Å². The fraction of sp³-hybridized carbons (Fsp3) is 0.500. The van der Waals surface area contributed by atoms with Crippen LogP contribution in [0.4, 0.5) is 0 Å². The van der Waals surface area contributed by atoms with Crippen LogP contribution in [0.25, 0.3) is 0 Å². The van der Waals surface area contributed by atoms with Crippen molar-refractivity contribution in [2.45, 2.75) is 18.2 Å². The van der Waals surface area contributed by atoms with Crippen LogP contribution in [0, 0.1) is 0 Å². The highest BCUT2D eigenvalue weighted by atomic mass is 35.5. The second-order valence-electron chi connectivity index (χ2n) is 5.35. The average molecular weight is 357 g/mol. The molecule has 0 unspecified atom stereocenters. The molecule has 126 valence electrons. The lowest BCUT2D eigenvalue weighted by atomic mass is 10.1. The van der Waals surface area contributed by atoms with Crippen LogP contribution >= 0.6 is 23.4 Å². The lowest BCUT2D eigenvalue weighted by Gasteiger charge is -2.31. The molecule has 1 aliphatic rings. The number of esters is 1. The Morgan fingerprint density at radius 3 is 2.91 bits per heavy atom. The first-order chi connectivity index (χ1) is 11.0. The number of hydrogen-bond donors (Lipinski definition) is 1. The van der Waals surface area contributed by atoms with Gasteiger partial charge < -0.3 is 15.0 Å². The molecular weight excluding hydrogens is 336 g/mol. The average Bonchev–Trinajstić information content (AvgIpc) is 2.59. The van der Waals surface area contributed by atoms with Gasteiger partial charge in [-0.25, -0.2) is 0 Å². The van der Waals surface area contributed by atoms with Gasteiger partial charge in [-0.2, -0.15) is 0 Å². The minimum atomic E-state index is -0.293. The normalized spacial score (nSPS) is 19.3. The number of carbonyl (C=O) groups excluding carboxylic acids is 2. The molecule has 1 fully saturated rings. The Bertz CT molecular complexity index is 570. The van der Waals surface area contributed by atoms with Crippen molar-refractivity contribution in [2.75, 3.05) is 32.5 Å². The minimum absolute atomic E-state index is 0.0156. The molecule has 0 bridgehead atoms. The molecule has 1 N–H and O–H groups in total. The molecule has 0 saturated carbocycles. The van der Waals surface area contributed by atoms with Crippen molar-refractivity contribution in [3.8, 4) is 0 Å². The second kappa shape index (κ2) is 8.57. The number of nitrogens with one attached hydrogen (secondary N) is 1. The number of hydrogen-bond acceptors (Lipinski definition) is 5. The molecule has 23 heavy (non-hydrogen) atoms. The van der Waals surface area contributed by atoms with Crippen molar-refractivity contribution in [1.29, 1.82) is 0 Å². The lowest BCUT2D eigenvalue weighted by Crippen LogP contribution is -2.48. The molecule has 1 aromatic carbocycles. The predicted molar refractivity (Wildman–Crippen MR) is 92.7 cm³/mol.